The van der Waals surface area contributed by atoms with E-state index in [-0.39, 0.29) is 11.8 Å². The number of aromatic nitrogens is 3. The fraction of sp³-hybridized carbons (Fsp3) is 0.341. The number of nitrogens with one attached hydrogen (secondary N) is 2. The van der Waals surface area contributed by atoms with Crippen molar-refractivity contribution < 1.29 is 23.9 Å². The first kappa shape index (κ1) is 37.2. The number of likely N-dealkylation sites (N-methyl/N-ethyl adjacent to an activating group) is 1. The topological polar surface area (TPSA) is 133 Å². The zero-order valence-electron chi connectivity index (χ0n) is 31.0. The summed E-state index contributed by atoms with van der Waals surface area (Å²) in [5.41, 5.74) is 3.81. The van der Waals surface area contributed by atoms with Gasteiger partial charge in [0.1, 0.15) is 22.8 Å². The number of H-pyrrole nitrogens is 1. The third-order valence-corrected chi connectivity index (χ3v) is 9.80. The van der Waals surface area contributed by atoms with E-state index in [9.17, 15) is 14.4 Å². The number of nitrogens with zero attached hydrogens (tertiary/aromatic N) is 5. The lowest BCUT2D eigenvalue weighted by Gasteiger charge is -2.44. The molecule has 3 aromatic carbocycles. The van der Waals surface area contributed by atoms with Gasteiger partial charge < -0.3 is 29.6 Å². The van der Waals surface area contributed by atoms with Crippen LogP contribution in [0.2, 0.25) is 0 Å². The maximum atomic E-state index is 14.1. The molecule has 2 N–H and O–H groups in total. The van der Waals surface area contributed by atoms with E-state index in [1.54, 1.807) is 49.8 Å². The summed E-state index contributed by atoms with van der Waals surface area (Å²) in [6.07, 6.45) is 7.23. The summed E-state index contributed by atoms with van der Waals surface area (Å²) in [5.74, 6) is 0.823. The molecule has 2 aromatic heterocycles. The number of hydrogen-bond acceptors (Lipinski definition) is 9. The third-order valence-electron chi connectivity index (χ3n) is 9.80. The smallest absolute Gasteiger partial charge is 0.258 e. The second kappa shape index (κ2) is 16.4. The molecule has 3 heterocycles. The monoisotopic (exact) mass is 717 g/mol. The Labute approximate surface area is 310 Å². The predicted octanol–water partition coefficient (Wildman–Crippen LogP) is 6.11. The lowest BCUT2D eigenvalue weighted by Crippen LogP contribution is -2.60. The van der Waals surface area contributed by atoms with Crippen molar-refractivity contribution >= 4 is 40.5 Å². The molecule has 1 saturated heterocycles. The summed E-state index contributed by atoms with van der Waals surface area (Å²) < 4.78 is 12.4. The number of carbonyl (C=O) groups excluding carboxylic acids is 3. The Kier molecular flexibility index (Phi) is 11.5. The number of unbranched alkanes of at least 4 members (excludes halogenated alkanes) is 1. The number of rotatable bonds is 14. The number of aryl methyl sites for hydroxylation is 1. The average molecular weight is 718 g/mol. The van der Waals surface area contributed by atoms with Crippen LogP contribution in [-0.2, 0) is 11.2 Å². The molecule has 0 bridgehead atoms. The van der Waals surface area contributed by atoms with Gasteiger partial charge in [0, 0.05) is 64.0 Å². The van der Waals surface area contributed by atoms with Crippen molar-refractivity contribution in [2.24, 2.45) is 0 Å². The van der Waals surface area contributed by atoms with Crippen LogP contribution in [0, 0.1) is 6.92 Å². The number of aldehydes is 1. The van der Waals surface area contributed by atoms with Crippen molar-refractivity contribution in [1.82, 2.24) is 24.8 Å². The maximum absolute atomic E-state index is 14.1. The number of ether oxygens (including phenoxy) is 2. The van der Waals surface area contributed by atoms with Crippen LogP contribution in [0.5, 0.6) is 11.5 Å². The highest BCUT2D eigenvalue weighted by atomic mass is 16.5. The molecule has 276 valence electrons. The molecule has 0 radical (unpaired) electrons. The van der Waals surface area contributed by atoms with E-state index in [0.717, 1.165) is 54.7 Å². The van der Waals surface area contributed by atoms with Crippen molar-refractivity contribution in [2.45, 2.75) is 45.3 Å². The molecule has 0 spiro atoms. The number of methoxy groups -OCH3 is 1. The molecule has 1 aliphatic heterocycles. The minimum absolute atomic E-state index is 0.317. The Morgan fingerprint density at radius 2 is 1.79 bits per heavy atom. The number of aromatic amines is 1. The molecule has 0 saturated carbocycles. The fourth-order valence-electron chi connectivity index (χ4n) is 6.68. The number of benzene rings is 3. The molecule has 1 fully saturated rings. The molecule has 1 atom stereocenters. The summed E-state index contributed by atoms with van der Waals surface area (Å²) in [7, 11) is 5.24. The van der Waals surface area contributed by atoms with Crippen molar-refractivity contribution in [1.29, 1.82) is 0 Å². The Bertz CT molecular complexity index is 2080. The number of anilines is 2. The van der Waals surface area contributed by atoms with Gasteiger partial charge in [0.15, 0.2) is 6.29 Å². The summed E-state index contributed by atoms with van der Waals surface area (Å²) in [6, 6.07) is 19.8. The van der Waals surface area contributed by atoms with Gasteiger partial charge in [0.05, 0.1) is 29.6 Å². The minimum Gasteiger partial charge on any atom is -0.495 e. The van der Waals surface area contributed by atoms with Crippen molar-refractivity contribution in [3.8, 4) is 11.5 Å². The number of amides is 2. The molecule has 1 unspecified atom stereocenters. The number of pyridine rings is 1. The van der Waals surface area contributed by atoms with E-state index in [4.69, 9.17) is 14.5 Å². The van der Waals surface area contributed by atoms with Gasteiger partial charge in [-0.15, -0.1) is 0 Å². The molecule has 53 heavy (non-hydrogen) atoms. The standard InChI is InChI=1S/C41H47N7O5/c1-6-7-17-41(27-49,48-22-20-46(3)21-23-48)53-36-24-28(2)11-14-34(36)47(4)40(51)30-12-13-32(35(26-30)52-5)44-39(50)31-9-8-10-33-38(31)45-37(43-33)25-29-15-18-42-19-16-29/h8-16,18-19,24,26-27H,6-7,17,20-23,25H2,1-5H3,(H,43,45)(H,44,50). The van der Waals surface area contributed by atoms with Gasteiger partial charge in [-0.2, -0.15) is 0 Å². The maximum Gasteiger partial charge on any atom is 0.258 e. The number of carbonyl (C=O) groups is 3. The van der Waals surface area contributed by atoms with Gasteiger partial charge in [-0.25, -0.2) is 4.98 Å². The van der Waals surface area contributed by atoms with Crippen LogP contribution in [0.25, 0.3) is 11.0 Å². The number of piperazine rings is 1. The highest BCUT2D eigenvalue weighted by Gasteiger charge is 2.41. The third kappa shape index (κ3) is 8.24. The summed E-state index contributed by atoms with van der Waals surface area (Å²) in [6.45, 7) is 7.10. The van der Waals surface area contributed by atoms with Crippen LogP contribution >= 0.6 is 0 Å². The summed E-state index contributed by atoms with van der Waals surface area (Å²) >= 11 is 0. The zero-order chi connectivity index (χ0) is 37.5. The van der Waals surface area contributed by atoms with Crippen LogP contribution < -0.4 is 19.7 Å². The van der Waals surface area contributed by atoms with E-state index in [1.165, 1.54) is 12.0 Å². The second-order valence-corrected chi connectivity index (χ2v) is 13.6. The molecule has 1 aliphatic rings. The van der Waals surface area contributed by atoms with Crippen LogP contribution in [0.3, 0.4) is 0 Å². The molecular weight excluding hydrogens is 670 g/mol. The van der Waals surface area contributed by atoms with E-state index in [2.05, 4.69) is 39.1 Å². The molecular formula is C41H47N7O5. The number of imidazole rings is 1. The molecule has 12 heteroatoms. The van der Waals surface area contributed by atoms with Crippen LogP contribution in [0.15, 0.2) is 79.1 Å². The molecule has 2 amide bonds. The highest BCUT2D eigenvalue weighted by Crippen LogP contribution is 2.36. The van der Waals surface area contributed by atoms with E-state index < -0.39 is 5.72 Å². The second-order valence-electron chi connectivity index (χ2n) is 13.6. The first-order valence-corrected chi connectivity index (χ1v) is 18.0. The Morgan fingerprint density at radius 3 is 2.51 bits per heavy atom. The van der Waals surface area contributed by atoms with E-state index >= 15 is 0 Å². The molecule has 6 rings (SSSR count). The van der Waals surface area contributed by atoms with Crippen molar-refractivity contribution in [3.05, 3.63) is 107 Å². The average Bonchev–Trinajstić information content (AvgIpc) is 3.59. The highest BCUT2D eigenvalue weighted by molar-refractivity contribution is 6.12. The van der Waals surface area contributed by atoms with E-state index in [0.29, 0.717) is 65.4 Å². The zero-order valence-corrected chi connectivity index (χ0v) is 31.0. The lowest BCUT2D eigenvalue weighted by molar-refractivity contribution is -0.146. The van der Waals surface area contributed by atoms with Gasteiger partial charge in [0.2, 0.25) is 5.72 Å². The normalized spacial score (nSPS) is 14.7. The van der Waals surface area contributed by atoms with Crippen molar-refractivity contribution in [2.75, 3.05) is 57.6 Å². The summed E-state index contributed by atoms with van der Waals surface area (Å²) in [5, 5.41) is 2.94. The Morgan fingerprint density at radius 1 is 1.02 bits per heavy atom. The Hall–Kier alpha value is -5.59. The largest absolute Gasteiger partial charge is 0.495 e. The first-order chi connectivity index (χ1) is 25.6. The minimum atomic E-state index is -1.16. The molecule has 5 aromatic rings. The SMILES string of the molecule is CCCCC(C=O)(Oc1cc(C)ccc1N(C)C(=O)c1ccc(NC(=O)c2cccc3[nH]c(Cc4ccncc4)nc23)c(OC)c1)N1CCN(C)CC1. The number of para-hydroxylation sites is 1. The Balaban J connectivity index is 1.23. The van der Waals surface area contributed by atoms with Gasteiger partial charge in [0.25, 0.3) is 11.8 Å². The van der Waals surface area contributed by atoms with Crippen LogP contribution in [0.1, 0.15) is 63.9 Å². The van der Waals surface area contributed by atoms with Gasteiger partial charge in [-0.05, 0) is 86.1 Å². The van der Waals surface area contributed by atoms with E-state index in [1.807, 2.05) is 43.3 Å². The lowest BCUT2D eigenvalue weighted by atomic mass is 10.0. The van der Waals surface area contributed by atoms with Gasteiger partial charge in [-0.3, -0.25) is 24.3 Å². The molecule has 12 nitrogen and oxygen atoms in total. The van der Waals surface area contributed by atoms with Crippen molar-refractivity contribution in [3.63, 3.8) is 0 Å². The van der Waals surface area contributed by atoms with Crippen LogP contribution in [0.4, 0.5) is 11.4 Å². The number of fused-ring (bicyclic) bond motifs is 1. The quantitative estimate of drug-likeness (QED) is 0.131. The van der Waals surface area contributed by atoms with Gasteiger partial charge in [-0.1, -0.05) is 25.5 Å². The molecule has 0 aliphatic carbocycles. The fourth-order valence-corrected chi connectivity index (χ4v) is 6.68. The summed E-state index contributed by atoms with van der Waals surface area (Å²) in [4.78, 5) is 58.6. The predicted molar refractivity (Wildman–Crippen MR) is 206 cm³/mol. The first-order valence-electron chi connectivity index (χ1n) is 18.0. The van der Waals surface area contributed by atoms with Crippen LogP contribution in [-0.4, -0.2) is 96.0 Å². The number of hydrogen-bond donors (Lipinski definition) is 2. The van der Waals surface area contributed by atoms with Gasteiger partial charge >= 0.3 is 0 Å².